The molecule has 0 aliphatic heterocycles. The lowest BCUT2D eigenvalue weighted by Crippen LogP contribution is -2.40. The zero-order valence-electron chi connectivity index (χ0n) is 14.2. The van der Waals surface area contributed by atoms with Gasteiger partial charge in [0.05, 0.1) is 0 Å². The van der Waals surface area contributed by atoms with Crippen molar-refractivity contribution in [2.24, 2.45) is 23.7 Å². The Kier molecular flexibility index (Phi) is 4.17. The van der Waals surface area contributed by atoms with Gasteiger partial charge in [0.2, 0.25) is 0 Å². The minimum Gasteiger partial charge on any atom is -0.0555 e. The third-order valence-electron chi connectivity index (χ3n) is 6.57. The maximum absolute atomic E-state index is 3.60. The van der Waals surface area contributed by atoms with Gasteiger partial charge >= 0.3 is 0 Å². The van der Waals surface area contributed by atoms with E-state index in [1.165, 1.54) is 48.8 Å². The lowest BCUT2D eigenvalue weighted by molar-refractivity contribution is 0.0705. The molecule has 4 aliphatic carbocycles. The molecule has 0 saturated heterocycles. The zero-order valence-corrected chi connectivity index (χ0v) is 17.4. The second kappa shape index (κ2) is 6.39. The first-order chi connectivity index (χ1) is 12.2. The molecule has 0 aromatic heterocycles. The van der Waals surface area contributed by atoms with Crippen LogP contribution in [0, 0.1) is 23.7 Å². The van der Waals surface area contributed by atoms with Crippen molar-refractivity contribution in [1.82, 2.24) is 0 Å². The van der Waals surface area contributed by atoms with Crippen LogP contribution in [0.4, 0.5) is 0 Å². The SMILES string of the molecule is Brc1ccc(C(=C2C3CC4CC(C3)CC2C4)c2ccc(Br)cc2)cc1. The van der Waals surface area contributed by atoms with Crippen LogP contribution in [0.15, 0.2) is 63.0 Å². The van der Waals surface area contributed by atoms with Crippen LogP contribution >= 0.6 is 31.9 Å². The first-order valence-electron chi connectivity index (χ1n) is 9.43. The van der Waals surface area contributed by atoms with Gasteiger partial charge in [0, 0.05) is 8.95 Å². The summed E-state index contributed by atoms with van der Waals surface area (Å²) in [5.41, 5.74) is 6.06. The predicted molar refractivity (Wildman–Crippen MR) is 111 cm³/mol. The van der Waals surface area contributed by atoms with Crippen LogP contribution in [0.3, 0.4) is 0 Å². The molecule has 4 aliphatic rings. The zero-order chi connectivity index (χ0) is 17.0. The number of rotatable bonds is 2. The lowest BCUT2D eigenvalue weighted by atomic mass is 9.53. The fraction of sp³-hybridized carbons (Fsp3) is 0.391. The van der Waals surface area contributed by atoms with Gasteiger partial charge in [-0.15, -0.1) is 0 Å². The highest BCUT2D eigenvalue weighted by Gasteiger charge is 2.46. The summed E-state index contributed by atoms with van der Waals surface area (Å²) in [5.74, 6) is 3.64. The molecular formula is C23H22Br2. The Morgan fingerprint density at radius 1 is 0.600 bits per heavy atom. The van der Waals surface area contributed by atoms with Gasteiger partial charge in [-0.05, 0) is 96.7 Å². The molecule has 0 N–H and O–H groups in total. The standard InChI is InChI=1S/C23H22Br2/c24-20-5-1-16(2-6-20)22(17-3-7-21(25)8-4-17)23-18-10-14-9-15(12-18)13-19(23)11-14/h1-8,14-15,18-19H,9-13H2. The van der Waals surface area contributed by atoms with E-state index < -0.39 is 0 Å². The van der Waals surface area contributed by atoms with Crippen LogP contribution in [0.2, 0.25) is 0 Å². The third-order valence-corrected chi connectivity index (χ3v) is 7.63. The van der Waals surface area contributed by atoms with E-state index in [1.54, 1.807) is 5.57 Å². The monoisotopic (exact) mass is 456 g/mol. The summed E-state index contributed by atoms with van der Waals surface area (Å²) in [5, 5.41) is 0. The largest absolute Gasteiger partial charge is 0.0555 e. The van der Waals surface area contributed by atoms with Crippen LogP contribution in [-0.2, 0) is 0 Å². The first kappa shape index (κ1) is 16.3. The molecule has 128 valence electrons. The second-order valence-electron chi connectivity index (χ2n) is 8.15. The molecule has 0 heterocycles. The molecule has 2 aromatic carbocycles. The maximum atomic E-state index is 3.60. The van der Waals surface area contributed by atoms with Crippen molar-refractivity contribution in [2.45, 2.75) is 32.1 Å². The van der Waals surface area contributed by atoms with Crippen molar-refractivity contribution in [1.29, 1.82) is 0 Å². The van der Waals surface area contributed by atoms with Crippen LogP contribution in [-0.4, -0.2) is 0 Å². The lowest BCUT2D eigenvalue weighted by Gasteiger charge is -2.52. The van der Waals surface area contributed by atoms with Gasteiger partial charge in [-0.3, -0.25) is 0 Å². The molecule has 4 saturated carbocycles. The number of hydrogen-bond donors (Lipinski definition) is 0. The molecule has 25 heavy (non-hydrogen) atoms. The van der Waals surface area contributed by atoms with Gasteiger partial charge in [-0.2, -0.15) is 0 Å². The molecule has 2 aromatic rings. The number of hydrogen-bond acceptors (Lipinski definition) is 0. The van der Waals surface area contributed by atoms with Crippen molar-refractivity contribution in [3.8, 4) is 0 Å². The van der Waals surface area contributed by atoms with Gasteiger partial charge in [0.15, 0.2) is 0 Å². The second-order valence-corrected chi connectivity index (χ2v) is 9.98. The molecule has 0 unspecified atom stereocenters. The van der Waals surface area contributed by atoms with Gasteiger partial charge in [-0.25, -0.2) is 0 Å². The average Bonchev–Trinajstić information content (AvgIpc) is 2.60. The van der Waals surface area contributed by atoms with Crippen molar-refractivity contribution in [3.05, 3.63) is 74.2 Å². The Bertz CT molecular complexity index is 737. The van der Waals surface area contributed by atoms with E-state index in [1.807, 2.05) is 0 Å². The van der Waals surface area contributed by atoms with E-state index in [0.29, 0.717) is 0 Å². The maximum Gasteiger partial charge on any atom is 0.0175 e. The molecule has 4 bridgehead atoms. The fourth-order valence-corrected chi connectivity index (χ4v) is 6.36. The van der Waals surface area contributed by atoms with E-state index >= 15 is 0 Å². The normalized spacial score (nSPS) is 29.9. The fourth-order valence-electron chi connectivity index (χ4n) is 5.83. The minimum atomic E-state index is 0.818. The van der Waals surface area contributed by atoms with Gasteiger partial charge < -0.3 is 0 Å². The highest BCUT2D eigenvalue weighted by atomic mass is 79.9. The van der Waals surface area contributed by atoms with E-state index in [2.05, 4.69) is 80.4 Å². The van der Waals surface area contributed by atoms with E-state index in [4.69, 9.17) is 0 Å². The van der Waals surface area contributed by atoms with Crippen LogP contribution in [0.25, 0.3) is 5.57 Å². The molecule has 0 nitrogen and oxygen atoms in total. The van der Waals surface area contributed by atoms with Crippen molar-refractivity contribution in [2.75, 3.05) is 0 Å². The van der Waals surface area contributed by atoms with Gasteiger partial charge in [-0.1, -0.05) is 61.7 Å². The molecule has 0 atom stereocenters. The van der Waals surface area contributed by atoms with E-state index in [9.17, 15) is 0 Å². The topological polar surface area (TPSA) is 0 Å². The highest BCUT2D eigenvalue weighted by Crippen LogP contribution is 2.58. The highest BCUT2D eigenvalue weighted by molar-refractivity contribution is 9.10. The molecule has 0 radical (unpaired) electrons. The van der Waals surface area contributed by atoms with E-state index in [0.717, 1.165) is 32.6 Å². The summed E-state index contributed by atoms with van der Waals surface area (Å²) < 4.78 is 2.31. The number of allylic oxidation sites excluding steroid dienone is 1. The molecule has 0 spiro atoms. The van der Waals surface area contributed by atoms with Crippen molar-refractivity contribution >= 4 is 37.4 Å². The molecular weight excluding hydrogens is 436 g/mol. The summed E-state index contributed by atoms with van der Waals surface area (Å²) in [6.45, 7) is 0. The Hall–Kier alpha value is -0.860. The Balaban J connectivity index is 1.69. The molecule has 4 fully saturated rings. The third kappa shape index (κ3) is 2.96. The van der Waals surface area contributed by atoms with Crippen LogP contribution < -0.4 is 0 Å². The first-order valence-corrected chi connectivity index (χ1v) is 11.0. The summed E-state index contributed by atoms with van der Waals surface area (Å²) in [7, 11) is 0. The summed E-state index contributed by atoms with van der Waals surface area (Å²) >= 11 is 7.19. The number of benzene rings is 2. The van der Waals surface area contributed by atoms with Crippen molar-refractivity contribution in [3.63, 3.8) is 0 Å². The predicted octanol–water partition coefficient (Wildman–Crippen LogP) is 7.47. The van der Waals surface area contributed by atoms with Gasteiger partial charge in [0.1, 0.15) is 0 Å². The Labute approximate surface area is 167 Å². The van der Waals surface area contributed by atoms with Gasteiger partial charge in [0.25, 0.3) is 0 Å². The van der Waals surface area contributed by atoms with Crippen molar-refractivity contribution < 1.29 is 0 Å². The summed E-state index contributed by atoms with van der Waals surface area (Å²) in [4.78, 5) is 0. The smallest absolute Gasteiger partial charge is 0.0175 e. The van der Waals surface area contributed by atoms with E-state index in [-0.39, 0.29) is 0 Å². The Morgan fingerprint density at radius 2 is 1.00 bits per heavy atom. The summed E-state index contributed by atoms with van der Waals surface area (Å²) in [6, 6.07) is 17.9. The number of halogens is 2. The molecule has 0 amide bonds. The van der Waals surface area contributed by atoms with Crippen LogP contribution in [0.5, 0.6) is 0 Å². The average molecular weight is 458 g/mol. The quantitative estimate of drug-likeness (QED) is 0.438. The summed E-state index contributed by atoms with van der Waals surface area (Å²) in [6.07, 6.45) is 7.22. The molecule has 6 rings (SSSR count). The minimum absolute atomic E-state index is 0.818. The molecule has 2 heteroatoms. The Morgan fingerprint density at radius 3 is 1.40 bits per heavy atom. The van der Waals surface area contributed by atoms with Crippen LogP contribution in [0.1, 0.15) is 43.2 Å².